The van der Waals surface area contributed by atoms with Gasteiger partial charge in [-0.1, -0.05) is 12.1 Å². The van der Waals surface area contributed by atoms with Crippen LogP contribution in [0.25, 0.3) is 0 Å². The number of halogens is 2. The summed E-state index contributed by atoms with van der Waals surface area (Å²) in [4.78, 5) is 0. The van der Waals surface area contributed by atoms with Crippen LogP contribution in [0, 0.1) is 5.82 Å². The van der Waals surface area contributed by atoms with Crippen LogP contribution in [0.5, 0.6) is 0 Å². The number of hydrogen-bond acceptors (Lipinski definition) is 2. The Bertz CT molecular complexity index is 514. The quantitative estimate of drug-likeness (QED) is 0.819. The Morgan fingerprint density at radius 1 is 1.12 bits per heavy atom. The molecule has 0 fully saturated rings. The zero-order chi connectivity index (χ0) is 11.5. The van der Waals surface area contributed by atoms with Crippen molar-refractivity contribution in [2.45, 2.75) is 0 Å². The molecule has 0 saturated heterocycles. The minimum atomic E-state index is -0.419. The maximum Gasteiger partial charge on any atom is 0.148 e. The standard InChI is InChI=1S/C12H10BrFN2/c13-9-3-1-2-4-12(9)16-8-5-6-11(15)10(14)7-8/h1-7,16H,15H2. The van der Waals surface area contributed by atoms with E-state index in [1.807, 2.05) is 24.3 Å². The van der Waals surface area contributed by atoms with Crippen LogP contribution >= 0.6 is 15.9 Å². The Morgan fingerprint density at radius 2 is 1.88 bits per heavy atom. The smallest absolute Gasteiger partial charge is 0.148 e. The lowest BCUT2D eigenvalue weighted by Gasteiger charge is -2.08. The van der Waals surface area contributed by atoms with E-state index in [-0.39, 0.29) is 5.69 Å². The predicted octanol–water partition coefficient (Wildman–Crippen LogP) is 3.91. The third kappa shape index (κ3) is 2.33. The van der Waals surface area contributed by atoms with E-state index in [9.17, 15) is 4.39 Å². The van der Waals surface area contributed by atoms with Gasteiger partial charge in [-0.3, -0.25) is 0 Å². The first-order valence-electron chi connectivity index (χ1n) is 4.73. The number of nitrogen functional groups attached to an aromatic ring is 1. The number of rotatable bonds is 2. The van der Waals surface area contributed by atoms with E-state index in [2.05, 4.69) is 21.2 Å². The van der Waals surface area contributed by atoms with Crippen molar-refractivity contribution in [3.63, 3.8) is 0 Å². The molecule has 0 aliphatic heterocycles. The Kier molecular flexibility index (Phi) is 3.10. The SMILES string of the molecule is Nc1ccc(Nc2ccccc2Br)cc1F. The monoisotopic (exact) mass is 280 g/mol. The molecule has 0 aliphatic rings. The first kappa shape index (κ1) is 11.0. The van der Waals surface area contributed by atoms with Crippen LogP contribution in [0.4, 0.5) is 21.5 Å². The summed E-state index contributed by atoms with van der Waals surface area (Å²) in [7, 11) is 0. The second-order valence-electron chi connectivity index (χ2n) is 3.34. The molecular formula is C12H10BrFN2. The lowest BCUT2D eigenvalue weighted by molar-refractivity contribution is 0.633. The molecule has 0 radical (unpaired) electrons. The van der Waals surface area contributed by atoms with Crippen molar-refractivity contribution < 1.29 is 4.39 Å². The first-order valence-corrected chi connectivity index (χ1v) is 5.53. The van der Waals surface area contributed by atoms with Crippen molar-refractivity contribution in [1.29, 1.82) is 0 Å². The Morgan fingerprint density at radius 3 is 2.56 bits per heavy atom. The molecule has 2 aromatic rings. The van der Waals surface area contributed by atoms with Gasteiger partial charge in [0.15, 0.2) is 0 Å². The number of nitrogens with one attached hydrogen (secondary N) is 1. The molecule has 3 N–H and O–H groups in total. The molecule has 0 spiro atoms. The van der Waals surface area contributed by atoms with Gasteiger partial charge >= 0.3 is 0 Å². The average Bonchev–Trinajstić information content (AvgIpc) is 2.27. The summed E-state index contributed by atoms with van der Waals surface area (Å²) < 4.78 is 14.1. The fourth-order valence-corrected chi connectivity index (χ4v) is 1.71. The van der Waals surface area contributed by atoms with Gasteiger partial charge in [0.25, 0.3) is 0 Å². The second-order valence-corrected chi connectivity index (χ2v) is 4.20. The number of para-hydroxylation sites is 1. The van der Waals surface area contributed by atoms with Gasteiger partial charge in [0.05, 0.1) is 11.4 Å². The van der Waals surface area contributed by atoms with Gasteiger partial charge in [0.2, 0.25) is 0 Å². The zero-order valence-electron chi connectivity index (χ0n) is 8.37. The summed E-state index contributed by atoms with van der Waals surface area (Å²) in [6.07, 6.45) is 0. The maximum atomic E-state index is 13.2. The van der Waals surface area contributed by atoms with Crippen molar-refractivity contribution in [1.82, 2.24) is 0 Å². The number of anilines is 3. The zero-order valence-corrected chi connectivity index (χ0v) is 9.96. The molecule has 2 nitrogen and oxygen atoms in total. The summed E-state index contributed by atoms with van der Waals surface area (Å²) in [6, 6.07) is 12.3. The molecule has 2 aromatic carbocycles. The summed E-state index contributed by atoms with van der Waals surface area (Å²) in [5.74, 6) is -0.419. The van der Waals surface area contributed by atoms with Crippen molar-refractivity contribution in [3.05, 3.63) is 52.8 Å². The topological polar surface area (TPSA) is 38.0 Å². The second kappa shape index (κ2) is 4.53. The largest absolute Gasteiger partial charge is 0.396 e. The van der Waals surface area contributed by atoms with Crippen molar-refractivity contribution in [2.24, 2.45) is 0 Å². The Labute approximate surface area is 101 Å². The summed E-state index contributed by atoms with van der Waals surface area (Å²) in [6.45, 7) is 0. The highest BCUT2D eigenvalue weighted by Gasteiger charge is 2.02. The fourth-order valence-electron chi connectivity index (χ4n) is 1.32. The van der Waals surface area contributed by atoms with E-state index in [1.54, 1.807) is 6.07 Å². The van der Waals surface area contributed by atoms with Crippen molar-refractivity contribution >= 4 is 33.0 Å². The minimum absolute atomic E-state index is 0.151. The van der Waals surface area contributed by atoms with Gasteiger partial charge < -0.3 is 11.1 Å². The number of benzene rings is 2. The van der Waals surface area contributed by atoms with Gasteiger partial charge in [-0.2, -0.15) is 0 Å². The molecule has 0 bridgehead atoms. The number of nitrogens with two attached hydrogens (primary N) is 1. The normalized spacial score (nSPS) is 10.1. The van der Waals surface area contributed by atoms with E-state index >= 15 is 0 Å². The highest BCUT2D eigenvalue weighted by atomic mass is 79.9. The van der Waals surface area contributed by atoms with Crippen molar-refractivity contribution in [2.75, 3.05) is 11.1 Å². The highest BCUT2D eigenvalue weighted by Crippen LogP contribution is 2.26. The average molecular weight is 281 g/mol. The van der Waals surface area contributed by atoms with E-state index in [0.717, 1.165) is 10.2 Å². The molecule has 0 saturated carbocycles. The van der Waals surface area contributed by atoms with E-state index in [0.29, 0.717) is 5.69 Å². The molecule has 0 atom stereocenters. The van der Waals surface area contributed by atoms with Gasteiger partial charge in [-0.15, -0.1) is 0 Å². The van der Waals surface area contributed by atoms with Crippen LogP contribution in [0.1, 0.15) is 0 Å². The fraction of sp³-hybridized carbons (Fsp3) is 0. The maximum absolute atomic E-state index is 13.2. The van der Waals surface area contributed by atoms with Crippen LogP contribution < -0.4 is 11.1 Å². The van der Waals surface area contributed by atoms with Crippen LogP contribution in [0.3, 0.4) is 0 Å². The summed E-state index contributed by atoms with van der Waals surface area (Å²) in [5.41, 5.74) is 7.10. The summed E-state index contributed by atoms with van der Waals surface area (Å²) in [5, 5.41) is 3.10. The lowest BCUT2D eigenvalue weighted by atomic mass is 10.2. The van der Waals surface area contributed by atoms with Crippen LogP contribution in [0.15, 0.2) is 46.9 Å². The molecule has 2 rings (SSSR count). The van der Waals surface area contributed by atoms with Gasteiger partial charge in [0, 0.05) is 10.2 Å². The number of hydrogen-bond donors (Lipinski definition) is 2. The van der Waals surface area contributed by atoms with E-state index in [1.165, 1.54) is 12.1 Å². The van der Waals surface area contributed by atoms with Crippen LogP contribution in [-0.4, -0.2) is 0 Å². The molecule has 4 heteroatoms. The molecular weight excluding hydrogens is 271 g/mol. The third-order valence-electron chi connectivity index (χ3n) is 2.15. The molecule has 16 heavy (non-hydrogen) atoms. The molecule has 0 amide bonds. The van der Waals surface area contributed by atoms with Gasteiger partial charge in [-0.05, 0) is 46.3 Å². The Balaban J connectivity index is 2.28. The molecule has 0 aliphatic carbocycles. The van der Waals surface area contributed by atoms with Crippen molar-refractivity contribution in [3.8, 4) is 0 Å². The molecule has 0 aromatic heterocycles. The molecule has 0 heterocycles. The van der Waals surface area contributed by atoms with Gasteiger partial charge in [-0.25, -0.2) is 4.39 Å². The van der Waals surface area contributed by atoms with E-state index in [4.69, 9.17) is 5.73 Å². The first-order chi connectivity index (χ1) is 7.66. The third-order valence-corrected chi connectivity index (χ3v) is 2.84. The molecule has 82 valence electrons. The summed E-state index contributed by atoms with van der Waals surface area (Å²) >= 11 is 3.41. The van der Waals surface area contributed by atoms with Crippen LogP contribution in [-0.2, 0) is 0 Å². The highest BCUT2D eigenvalue weighted by molar-refractivity contribution is 9.10. The minimum Gasteiger partial charge on any atom is -0.396 e. The van der Waals surface area contributed by atoms with Crippen LogP contribution in [0.2, 0.25) is 0 Å². The van der Waals surface area contributed by atoms with Gasteiger partial charge in [0.1, 0.15) is 5.82 Å². The molecule has 0 unspecified atom stereocenters. The lowest BCUT2D eigenvalue weighted by Crippen LogP contribution is -1.95. The predicted molar refractivity (Wildman–Crippen MR) is 68.2 cm³/mol. The Hall–Kier alpha value is -1.55. The van der Waals surface area contributed by atoms with E-state index < -0.39 is 5.82 Å².